The molecule has 1 aliphatic rings. The van der Waals surface area contributed by atoms with E-state index in [1.165, 1.54) is 10.9 Å². The second-order valence-electron chi connectivity index (χ2n) is 5.29. The first kappa shape index (κ1) is 12.6. The van der Waals surface area contributed by atoms with Crippen molar-refractivity contribution in [1.82, 2.24) is 9.78 Å². The molecule has 2 atom stereocenters. The number of nitrogens with two attached hydrogens (primary N) is 1. The molecule has 0 saturated heterocycles. The zero-order valence-corrected chi connectivity index (χ0v) is 11.4. The number of nitrogens with zero attached hydrogens (tertiary/aromatic N) is 2. The van der Waals surface area contributed by atoms with Gasteiger partial charge >= 0.3 is 0 Å². The summed E-state index contributed by atoms with van der Waals surface area (Å²) in [6.45, 7) is 3.58. The highest BCUT2D eigenvalue weighted by molar-refractivity contribution is 5.81. The van der Waals surface area contributed by atoms with Crippen LogP contribution in [0.4, 0.5) is 0 Å². The van der Waals surface area contributed by atoms with Crippen LogP contribution in [0.1, 0.15) is 31.9 Å². The van der Waals surface area contributed by atoms with Gasteiger partial charge in [0.1, 0.15) is 0 Å². The lowest BCUT2D eigenvalue weighted by molar-refractivity contribution is 0.0432. The Morgan fingerprint density at radius 2 is 2.21 bits per heavy atom. The lowest BCUT2D eigenvalue weighted by Crippen LogP contribution is -2.17. The number of para-hydroxylation sites is 1. The molecule has 0 aliphatic heterocycles. The van der Waals surface area contributed by atoms with Gasteiger partial charge in [0.25, 0.3) is 0 Å². The molecule has 2 N–H and O–H groups in total. The summed E-state index contributed by atoms with van der Waals surface area (Å²) >= 11 is 0. The monoisotopic (exact) mass is 259 g/mol. The molecule has 1 aliphatic carbocycles. The van der Waals surface area contributed by atoms with Gasteiger partial charge in [-0.05, 0) is 32.3 Å². The molecule has 2 aromatic rings. The maximum Gasteiger partial charge on any atom is 0.0960 e. The zero-order chi connectivity index (χ0) is 13.2. The van der Waals surface area contributed by atoms with Gasteiger partial charge in [-0.25, -0.2) is 0 Å². The van der Waals surface area contributed by atoms with Crippen molar-refractivity contribution in [2.45, 2.75) is 51.5 Å². The topological polar surface area (TPSA) is 53.1 Å². The predicted octanol–water partition coefficient (Wildman–Crippen LogP) is 2.45. The second kappa shape index (κ2) is 5.31. The van der Waals surface area contributed by atoms with Crippen LogP contribution in [0.2, 0.25) is 0 Å². The van der Waals surface area contributed by atoms with Crippen molar-refractivity contribution < 1.29 is 4.74 Å². The summed E-state index contributed by atoms with van der Waals surface area (Å²) in [6.07, 6.45) is 3.44. The van der Waals surface area contributed by atoms with E-state index in [9.17, 15) is 0 Å². The SMILES string of the molecule is CCn1nc(COC2CCC(N)C2)c2ccccc21. The first-order valence-electron chi connectivity index (χ1n) is 7.09. The Morgan fingerprint density at radius 1 is 1.37 bits per heavy atom. The summed E-state index contributed by atoms with van der Waals surface area (Å²) in [5.41, 5.74) is 8.14. The molecule has 102 valence electrons. The van der Waals surface area contributed by atoms with Crippen LogP contribution in [0, 0.1) is 0 Å². The lowest BCUT2D eigenvalue weighted by atomic mass is 10.2. The molecule has 1 heterocycles. The van der Waals surface area contributed by atoms with E-state index in [1.54, 1.807) is 0 Å². The number of hydrogen-bond acceptors (Lipinski definition) is 3. The van der Waals surface area contributed by atoms with Crippen LogP contribution >= 0.6 is 0 Å². The second-order valence-corrected chi connectivity index (χ2v) is 5.29. The van der Waals surface area contributed by atoms with Crippen molar-refractivity contribution in [3.05, 3.63) is 30.0 Å². The Morgan fingerprint density at radius 3 is 2.95 bits per heavy atom. The third-order valence-electron chi connectivity index (χ3n) is 3.91. The van der Waals surface area contributed by atoms with Crippen molar-refractivity contribution in [3.8, 4) is 0 Å². The van der Waals surface area contributed by atoms with Gasteiger partial charge in [0.05, 0.1) is 23.9 Å². The van der Waals surface area contributed by atoms with Gasteiger partial charge in [-0.1, -0.05) is 18.2 Å². The third kappa shape index (κ3) is 2.51. The summed E-state index contributed by atoms with van der Waals surface area (Å²) in [6, 6.07) is 8.65. The normalized spacial score (nSPS) is 23.3. The Labute approximate surface area is 113 Å². The van der Waals surface area contributed by atoms with Crippen LogP contribution in [0.3, 0.4) is 0 Å². The van der Waals surface area contributed by atoms with Crippen LogP contribution in [0.5, 0.6) is 0 Å². The molecule has 0 bridgehead atoms. The van der Waals surface area contributed by atoms with Crippen LogP contribution in [-0.4, -0.2) is 21.9 Å². The minimum atomic E-state index is 0.306. The smallest absolute Gasteiger partial charge is 0.0960 e. The number of hydrogen-bond donors (Lipinski definition) is 1. The van der Waals surface area contributed by atoms with E-state index in [0.717, 1.165) is 31.5 Å². The maximum atomic E-state index is 5.97. The summed E-state index contributed by atoms with van der Waals surface area (Å²) in [7, 11) is 0. The number of aromatic nitrogens is 2. The fourth-order valence-corrected chi connectivity index (χ4v) is 2.87. The summed E-state index contributed by atoms with van der Waals surface area (Å²) < 4.78 is 8.01. The van der Waals surface area contributed by atoms with Gasteiger partial charge < -0.3 is 10.5 Å². The molecular formula is C15H21N3O. The Balaban J connectivity index is 1.77. The van der Waals surface area contributed by atoms with Gasteiger partial charge in [-0.3, -0.25) is 4.68 Å². The zero-order valence-electron chi connectivity index (χ0n) is 11.4. The number of fused-ring (bicyclic) bond motifs is 1. The van der Waals surface area contributed by atoms with Crippen LogP contribution in [0.15, 0.2) is 24.3 Å². The van der Waals surface area contributed by atoms with Gasteiger partial charge in [0, 0.05) is 18.0 Å². The Hall–Kier alpha value is -1.39. The van der Waals surface area contributed by atoms with E-state index in [4.69, 9.17) is 10.5 Å². The van der Waals surface area contributed by atoms with Crippen molar-refractivity contribution >= 4 is 10.9 Å². The minimum absolute atomic E-state index is 0.306. The fourth-order valence-electron chi connectivity index (χ4n) is 2.87. The molecule has 19 heavy (non-hydrogen) atoms. The molecule has 4 heteroatoms. The van der Waals surface area contributed by atoms with Crippen LogP contribution < -0.4 is 5.73 Å². The van der Waals surface area contributed by atoms with Crippen molar-refractivity contribution in [2.24, 2.45) is 5.73 Å². The van der Waals surface area contributed by atoms with Gasteiger partial charge in [-0.15, -0.1) is 0 Å². The van der Waals surface area contributed by atoms with E-state index >= 15 is 0 Å². The molecule has 1 aromatic heterocycles. The van der Waals surface area contributed by atoms with E-state index in [2.05, 4.69) is 36.3 Å². The molecule has 0 spiro atoms. The Bertz CT molecular complexity index is 564. The predicted molar refractivity (Wildman–Crippen MR) is 75.8 cm³/mol. The van der Waals surface area contributed by atoms with Crippen molar-refractivity contribution in [2.75, 3.05) is 0 Å². The van der Waals surface area contributed by atoms with E-state index < -0.39 is 0 Å². The quantitative estimate of drug-likeness (QED) is 0.917. The largest absolute Gasteiger partial charge is 0.372 e. The molecule has 2 unspecified atom stereocenters. The van der Waals surface area contributed by atoms with Gasteiger partial charge in [0.15, 0.2) is 0 Å². The fraction of sp³-hybridized carbons (Fsp3) is 0.533. The van der Waals surface area contributed by atoms with Crippen LogP contribution in [-0.2, 0) is 17.9 Å². The first-order valence-corrected chi connectivity index (χ1v) is 7.09. The molecule has 4 nitrogen and oxygen atoms in total. The minimum Gasteiger partial charge on any atom is -0.372 e. The van der Waals surface area contributed by atoms with E-state index in [0.29, 0.717) is 18.8 Å². The highest BCUT2D eigenvalue weighted by Gasteiger charge is 2.22. The molecular weight excluding hydrogens is 238 g/mol. The molecule has 1 aromatic carbocycles. The standard InChI is InChI=1S/C15H21N3O/c1-2-18-15-6-4-3-5-13(15)14(17-18)10-19-12-8-7-11(16)9-12/h3-6,11-12H,2,7-10,16H2,1H3. The molecule has 0 amide bonds. The molecule has 0 radical (unpaired) electrons. The maximum absolute atomic E-state index is 5.97. The Kier molecular flexibility index (Phi) is 3.53. The third-order valence-corrected chi connectivity index (χ3v) is 3.91. The average molecular weight is 259 g/mol. The van der Waals surface area contributed by atoms with E-state index in [-0.39, 0.29) is 0 Å². The number of ether oxygens (including phenoxy) is 1. The highest BCUT2D eigenvalue weighted by atomic mass is 16.5. The van der Waals surface area contributed by atoms with Crippen molar-refractivity contribution in [1.29, 1.82) is 0 Å². The first-order chi connectivity index (χ1) is 9.28. The van der Waals surface area contributed by atoms with Gasteiger partial charge in [-0.2, -0.15) is 5.10 Å². The average Bonchev–Trinajstić information content (AvgIpc) is 3.00. The summed E-state index contributed by atoms with van der Waals surface area (Å²) in [5.74, 6) is 0. The highest BCUT2D eigenvalue weighted by Crippen LogP contribution is 2.24. The number of rotatable bonds is 4. The van der Waals surface area contributed by atoms with Crippen LogP contribution in [0.25, 0.3) is 10.9 Å². The van der Waals surface area contributed by atoms with E-state index in [1.807, 2.05) is 4.68 Å². The number of aryl methyl sites for hydroxylation is 1. The lowest BCUT2D eigenvalue weighted by Gasteiger charge is -2.10. The molecule has 1 saturated carbocycles. The molecule has 3 rings (SSSR count). The summed E-state index contributed by atoms with van der Waals surface area (Å²) in [4.78, 5) is 0. The van der Waals surface area contributed by atoms with Crippen molar-refractivity contribution in [3.63, 3.8) is 0 Å². The van der Waals surface area contributed by atoms with Gasteiger partial charge in [0.2, 0.25) is 0 Å². The molecule has 1 fully saturated rings. The number of benzene rings is 1. The summed E-state index contributed by atoms with van der Waals surface area (Å²) in [5, 5.41) is 5.85.